The van der Waals surface area contributed by atoms with Crippen LogP contribution in [0, 0.1) is 11.3 Å². The second-order valence-corrected chi connectivity index (χ2v) is 8.46. The Morgan fingerprint density at radius 1 is 0.885 bits per heavy atom. The van der Waals surface area contributed by atoms with Crippen molar-refractivity contribution in [2.45, 2.75) is 43.6 Å². The average molecular weight is 369 g/mol. The maximum absolute atomic E-state index is 13.1. The highest BCUT2D eigenvalue weighted by atomic mass is 32.2. The van der Waals surface area contributed by atoms with Crippen LogP contribution >= 0.6 is 0 Å². The Labute approximate surface area is 155 Å². The molecule has 0 aliphatic carbocycles. The monoisotopic (exact) mass is 369 g/mol. The van der Waals surface area contributed by atoms with Gasteiger partial charge in [0.1, 0.15) is 0 Å². The summed E-state index contributed by atoms with van der Waals surface area (Å²) in [5, 5.41) is 9.00. The third kappa shape index (κ3) is 4.29. The molecule has 3 rings (SSSR count). The number of rotatable bonds is 3. The lowest BCUT2D eigenvalue weighted by Crippen LogP contribution is -2.33. The van der Waals surface area contributed by atoms with Gasteiger partial charge in [-0.15, -0.1) is 0 Å². The van der Waals surface area contributed by atoms with E-state index >= 15 is 0 Å². The molecule has 1 saturated heterocycles. The van der Waals surface area contributed by atoms with Crippen molar-refractivity contribution in [3.63, 3.8) is 0 Å². The molecule has 1 aliphatic heterocycles. The Morgan fingerprint density at radius 3 is 2.12 bits per heavy atom. The first-order chi connectivity index (χ1) is 12.6. The molecule has 2 heterocycles. The standard InChI is InChI=1S/C20H23N3O2S/c21-16-17-10-12-18(13-11-17)19-8-7-9-20(22-19)26(24,25)23-14-5-3-1-2-4-6-15-23/h7-13H,1-6,14-15H2. The normalized spacial score (nSPS) is 16.9. The highest BCUT2D eigenvalue weighted by molar-refractivity contribution is 7.89. The molecule has 0 bridgehead atoms. The van der Waals surface area contributed by atoms with Crippen LogP contribution in [0.2, 0.25) is 0 Å². The first-order valence-electron chi connectivity index (χ1n) is 9.09. The minimum absolute atomic E-state index is 0.0959. The number of hydrogen-bond donors (Lipinski definition) is 0. The summed E-state index contributed by atoms with van der Waals surface area (Å²) in [5.74, 6) is 0. The van der Waals surface area contributed by atoms with Gasteiger partial charge in [-0.2, -0.15) is 9.57 Å². The number of nitriles is 1. The topological polar surface area (TPSA) is 74.1 Å². The molecule has 2 aromatic rings. The highest BCUT2D eigenvalue weighted by Gasteiger charge is 2.25. The summed E-state index contributed by atoms with van der Waals surface area (Å²) in [6, 6.07) is 14.2. The van der Waals surface area contributed by atoms with E-state index in [0.717, 1.165) is 31.2 Å². The Balaban J connectivity index is 1.88. The molecule has 5 nitrogen and oxygen atoms in total. The summed E-state index contributed by atoms with van der Waals surface area (Å²) in [7, 11) is -3.59. The molecule has 0 saturated carbocycles. The third-order valence-corrected chi connectivity index (χ3v) is 6.50. The number of benzene rings is 1. The molecule has 1 aromatic carbocycles. The van der Waals surface area contributed by atoms with Crippen molar-refractivity contribution in [2.75, 3.05) is 13.1 Å². The van der Waals surface area contributed by atoms with Gasteiger partial charge in [0.2, 0.25) is 0 Å². The zero-order chi connectivity index (χ0) is 18.4. The molecular formula is C20H23N3O2S. The molecular weight excluding hydrogens is 346 g/mol. The highest BCUT2D eigenvalue weighted by Crippen LogP contribution is 2.23. The third-order valence-electron chi connectivity index (χ3n) is 4.70. The maximum Gasteiger partial charge on any atom is 0.260 e. The van der Waals surface area contributed by atoms with Gasteiger partial charge in [0.25, 0.3) is 10.0 Å². The maximum atomic E-state index is 13.1. The van der Waals surface area contributed by atoms with Crippen molar-refractivity contribution >= 4 is 10.0 Å². The summed E-state index contributed by atoms with van der Waals surface area (Å²) >= 11 is 0. The Bertz CT molecular complexity index is 876. The lowest BCUT2D eigenvalue weighted by atomic mass is 10.1. The quantitative estimate of drug-likeness (QED) is 0.820. The van der Waals surface area contributed by atoms with Gasteiger partial charge < -0.3 is 0 Å². The van der Waals surface area contributed by atoms with E-state index in [4.69, 9.17) is 5.26 Å². The van der Waals surface area contributed by atoms with E-state index < -0.39 is 10.0 Å². The summed E-state index contributed by atoms with van der Waals surface area (Å²) in [6.07, 6.45) is 6.30. The molecule has 6 heteroatoms. The molecule has 0 atom stereocenters. The second-order valence-electron chi connectivity index (χ2n) is 6.58. The minimum Gasteiger partial charge on any atom is -0.235 e. The van der Waals surface area contributed by atoms with Crippen LogP contribution in [0.1, 0.15) is 44.1 Å². The zero-order valence-corrected chi connectivity index (χ0v) is 15.6. The van der Waals surface area contributed by atoms with Crippen LogP contribution in [0.25, 0.3) is 11.3 Å². The van der Waals surface area contributed by atoms with Gasteiger partial charge in [0.05, 0.1) is 17.3 Å². The largest absolute Gasteiger partial charge is 0.260 e. The molecule has 0 N–H and O–H groups in total. The molecule has 1 aromatic heterocycles. The molecule has 0 amide bonds. The van der Waals surface area contributed by atoms with Crippen LogP contribution in [0.4, 0.5) is 0 Å². The molecule has 1 aliphatic rings. The van der Waals surface area contributed by atoms with E-state index in [0.29, 0.717) is 24.3 Å². The second kappa shape index (κ2) is 8.43. The van der Waals surface area contributed by atoms with Crippen molar-refractivity contribution in [3.8, 4) is 17.3 Å². The molecule has 0 radical (unpaired) electrons. The Hall–Kier alpha value is -2.23. The number of pyridine rings is 1. The van der Waals surface area contributed by atoms with E-state index in [-0.39, 0.29) is 5.03 Å². The van der Waals surface area contributed by atoms with Crippen LogP contribution in [0.3, 0.4) is 0 Å². The Kier molecular flexibility index (Phi) is 6.02. The predicted octanol–water partition coefficient (Wildman–Crippen LogP) is 3.97. The fourth-order valence-corrected chi connectivity index (χ4v) is 4.67. The van der Waals surface area contributed by atoms with E-state index in [9.17, 15) is 8.42 Å². The fourth-order valence-electron chi connectivity index (χ4n) is 3.20. The van der Waals surface area contributed by atoms with Crippen LogP contribution in [-0.2, 0) is 10.0 Å². The molecule has 1 fully saturated rings. The molecule has 136 valence electrons. The van der Waals surface area contributed by atoms with Gasteiger partial charge >= 0.3 is 0 Å². The minimum atomic E-state index is -3.59. The van der Waals surface area contributed by atoms with E-state index in [2.05, 4.69) is 11.1 Å². The summed E-state index contributed by atoms with van der Waals surface area (Å²) in [5.41, 5.74) is 1.96. The van der Waals surface area contributed by atoms with Gasteiger partial charge in [0.15, 0.2) is 5.03 Å². The van der Waals surface area contributed by atoms with Crippen LogP contribution < -0.4 is 0 Å². The lowest BCUT2D eigenvalue weighted by Gasteiger charge is -2.21. The van der Waals surface area contributed by atoms with Crippen LogP contribution in [-0.4, -0.2) is 30.8 Å². The first kappa shape index (κ1) is 18.6. The van der Waals surface area contributed by atoms with Crippen LogP contribution in [0.15, 0.2) is 47.5 Å². The smallest absolute Gasteiger partial charge is 0.235 e. The van der Waals surface area contributed by atoms with Gasteiger partial charge in [-0.1, -0.05) is 43.9 Å². The van der Waals surface area contributed by atoms with Gasteiger partial charge in [-0.25, -0.2) is 13.4 Å². The van der Waals surface area contributed by atoms with Gasteiger partial charge in [-0.3, -0.25) is 0 Å². The van der Waals surface area contributed by atoms with Crippen molar-refractivity contribution in [1.82, 2.24) is 9.29 Å². The Morgan fingerprint density at radius 2 is 1.50 bits per heavy atom. The summed E-state index contributed by atoms with van der Waals surface area (Å²) in [6.45, 7) is 1.12. The number of nitrogens with zero attached hydrogens (tertiary/aromatic N) is 3. The molecule has 0 spiro atoms. The first-order valence-corrected chi connectivity index (χ1v) is 10.5. The summed E-state index contributed by atoms with van der Waals surface area (Å²) in [4.78, 5) is 4.41. The van der Waals surface area contributed by atoms with Gasteiger partial charge in [0, 0.05) is 18.7 Å². The van der Waals surface area contributed by atoms with Crippen molar-refractivity contribution in [1.29, 1.82) is 5.26 Å². The number of sulfonamides is 1. The zero-order valence-electron chi connectivity index (χ0n) is 14.8. The predicted molar refractivity (Wildman–Crippen MR) is 101 cm³/mol. The van der Waals surface area contributed by atoms with E-state index in [1.807, 2.05) is 0 Å². The fraction of sp³-hybridized carbons (Fsp3) is 0.400. The van der Waals surface area contributed by atoms with E-state index in [1.165, 1.54) is 12.8 Å². The van der Waals surface area contributed by atoms with Crippen molar-refractivity contribution in [3.05, 3.63) is 48.0 Å². The average Bonchev–Trinajstić information content (AvgIpc) is 2.82. The molecule has 26 heavy (non-hydrogen) atoms. The van der Waals surface area contributed by atoms with Gasteiger partial charge in [-0.05, 0) is 37.1 Å². The summed E-state index contributed by atoms with van der Waals surface area (Å²) < 4.78 is 27.7. The molecule has 0 unspecified atom stereocenters. The van der Waals surface area contributed by atoms with Crippen molar-refractivity contribution in [2.24, 2.45) is 0 Å². The SMILES string of the molecule is N#Cc1ccc(-c2cccc(S(=O)(=O)N3CCCCCCCC3)n2)cc1. The lowest BCUT2D eigenvalue weighted by molar-refractivity contribution is 0.399. The number of aromatic nitrogens is 1. The van der Waals surface area contributed by atoms with Crippen LogP contribution in [0.5, 0.6) is 0 Å². The number of hydrogen-bond acceptors (Lipinski definition) is 4. The van der Waals surface area contributed by atoms with Crippen molar-refractivity contribution < 1.29 is 8.42 Å². The van der Waals surface area contributed by atoms with E-state index in [1.54, 1.807) is 46.8 Å².